The van der Waals surface area contributed by atoms with Crippen LogP contribution >= 0.6 is 0 Å². The summed E-state index contributed by atoms with van der Waals surface area (Å²) in [6.45, 7) is 3.71. The molecule has 74 valence electrons. The van der Waals surface area contributed by atoms with Crippen LogP contribution in [0.2, 0.25) is 0 Å². The summed E-state index contributed by atoms with van der Waals surface area (Å²) in [7, 11) is 0. The van der Waals surface area contributed by atoms with Crippen LogP contribution in [0.25, 0.3) is 0 Å². The van der Waals surface area contributed by atoms with Crippen molar-refractivity contribution in [1.82, 2.24) is 4.98 Å². The minimum Gasteiger partial charge on any atom is -0.388 e. The lowest BCUT2D eigenvalue weighted by molar-refractivity contribution is 0.168. The highest BCUT2D eigenvalue weighted by molar-refractivity contribution is 5.21. The average molecular weight is 189 g/mol. The van der Waals surface area contributed by atoms with Crippen molar-refractivity contribution in [3.8, 4) is 11.8 Å². The normalized spacial score (nSPS) is 11.6. The van der Waals surface area contributed by atoms with E-state index >= 15 is 0 Å². The van der Waals surface area contributed by atoms with Gasteiger partial charge in [-0.25, -0.2) is 0 Å². The van der Waals surface area contributed by atoms with Gasteiger partial charge in [0, 0.05) is 23.9 Å². The third-order valence-electron chi connectivity index (χ3n) is 2.13. The first-order valence-electron chi connectivity index (χ1n) is 4.75. The molecule has 0 aliphatic heterocycles. The van der Waals surface area contributed by atoms with Crippen molar-refractivity contribution >= 4 is 0 Å². The quantitative estimate of drug-likeness (QED) is 0.740. The topological polar surface area (TPSA) is 33.1 Å². The van der Waals surface area contributed by atoms with Crippen LogP contribution in [-0.2, 0) is 0 Å². The van der Waals surface area contributed by atoms with Crippen LogP contribution in [0.4, 0.5) is 0 Å². The van der Waals surface area contributed by atoms with Crippen LogP contribution in [0.5, 0.6) is 0 Å². The fraction of sp³-hybridized carbons (Fsp3) is 0.417. The monoisotopic (exact) mass is 189 g/mol. The third-order valence-corrected chi connectivity index (χ3v) is 2.13. The Morgan fingerprint density at radius 3 is 3.00 bits per heavy atom. The minimum absolute atomic E-state index is 0.440. The van der Waals surface area contributed by atoms with Crippen LogP contribution in [0.3, 0.4) is 0 Å². The predicted octanol–water partition coefficient (Wildman–Crippen LogP) is 2.23. The van der Waals surface area contributed by atoms with Crippen molar-refractivity contribution in [1.29, 1.82) is 0 Å². The molecule has 0 amide bonds. The molecule has 14 heavy (non-hydrogen) atoms. The second kappa shape index (κ2) is 5.41. The predicted molar refractivity (Wildman–Crippen MR) is 56.6 cm³/mol. The zero-order valence-electron chi connectivity index (χ0n) is 8.62. The summed E-state index contributed by atoms with van der Waals surface area (Å²) in [5, 5.41) is 9.82. The van der Waals surface area contributed by atoms with Crippen molar-refractivity contribution in [3.63, 3.8) is 0 Å². The molecule has 1 aromatic heterocycles. The lowest BCUT2D eigenvalue weighted by Gasteiger charge is -2.10. The molecule has 1 heterocycles. The lowest BCUT2D eigenvalue weighted by Crippen LogP contribution is -2.00. The summed E-state index contributed by atoms with van der Waals surface area (Å²) >= 11 is 0. The SMILES string of the molecule is CC#CCCC(O)c1cccnc1C. The summed E-state index contributed by atoms with van der Waals surface area (Å²) in [5.41, 5.74) is 1.80. The van der Waals surface area contributed by atoms with Gasteiger partial charge in [0.15, 0.2) is 0 Å². The van der Waals surface area contributed by atoms with Gasteiger partial charge in [-0.2, -0.15) is 0 Å². The van der Waals surface area contributed by atoms with Crippen molar-refractivity contribution < 1.29 is 5.11 Å². The second-order valence-corrected chi connectivity index (χ2v) is 3.16. The Bertz CT molecular complexity index is 349. The van der Waals surface area contributed by atoms with Gasteiger partial charge < -0.3 is 5.11 Å². The maximum absolute atomic E-state index is 9.82. The third kappa shape index (κ3) is 2.86. The number of aromatic nitrogens is 1. The number of rotatable bonds is 3. The van der Waals surface area contributed by atoms with Gasteiger partial charge >= 0.3 is 0 Å². The molecule has 0 aliphatic rings. The molecule has 0 aliphatic carbocycles. The minimum atomic E-state index is -0.440. The Hall–Kier alpha value is -1.33. The van der Waals surface area contributed by atoms with Crippen molar-refractivity contribution in [2.45, 2.75) is 32.8 Å². The summed E-state index contributed by atoms with van der Waals surface area (Å²) < 4.78 is 0. The largest absolute Gasteiger partial charge is 0.388 e. The zero-order chi connectivity index (χ0) is 10.4. The van der Waals surface area contributed by atoms with E-state index in [1.807, 2.05) is 26.0 Å². The molecule has 1 aromatic rings. The van der Waals surface area contributed by atoms with Crippen molar-refractivity contribution in [3.05, 3.63) is 29.6 Å². The molecule has 0 aromatic carbocycles. The maximum Gasteiger partial charge on any atom is 0.0816 e. The van der Waals surface area contributed by atoms with E-state index in [1.165, 1.54) is 0 Å². The van der Waals surface area contributed by atoms with E-state index in [1.54, 1.807) is 6.20 Å². The van der Waals surface area contributed by atoms with Gasteiger partial charge in [-0.15, -0.1) is 11.8 Å². The molecule has 2 nitrogen and oxygen atoms in total. The first-order chi connectivity index (χ1) is 6.75. The van der Waals surface area contributed by atoms with E-state index < -0.39 is 6.10 Å². The van der Waals surface area contributed by atoms with E-state index in [0.29, 0.717) is 6.42 Å². The highest BCUT2D eigenvalue weighted by Crippen LogP contribution is 2.19. The number of hydrogen-bond acceptors (Lipinski definition) is 2. The van der Waals surface area contributed by atoms with Gasteiger partial charge in [0.05, 0.1) is 6.10 Å². The highest BCUT2D eigenvalue weighted by atomic mass is 16.3. The summed E-state index contributed by atoms with van der Waals surface area (Å²) in [4.78, 5) is 4.13. The zero-order valence-corrected chi connectivity index (χ0v) is 8.62. The van der Waals surface area contributed by atoms with Crippen LogP contribution in [0.1, 0.15) is 37.1 Å². The number of pyridine rings is 1. The van der Waals surface area contributed by atoms with E-state index in [4.69, 9.17) is 0 Å². The van der Waals surface area contributed by atoms with Gasteiger partial charge in [-0.3, -0.25) is 4.98 Å². The molecular formula is C12H15NO. The van der Waals surface area contributed by atoms with Crippen LogP contribution < -0.4 is 0 Å². The molecule has 0 bridgehead atoms. The molecule has 0 saturated heterocycles. The van der Waals surface area contributed by atoms with E-state index in [2.05, 4.69) is 16.8 Å². The summed E-state index contributed by atoms with van der Waals surface area (Å²) in [5.74, 6) is 5.75. The van der Waals surface area contributed by atoms with Crippen LogP contribution in [0.15, 0.2) is 18.3 Å². The Kier molecular flexibility index (Phi) is 4.15. The average Bonchev–Trinajstić information content (AvgIpc) is 2.18. The maximum atomic E-state index is 9.82. The molecule has 1 unspecified atom stereocenters. The van der Waals surface area contributed by atoms with Gasteiger partial charge in [0.2, 0.25) is 0 Å². The number of nitrogens with zero attached hydrogens (tertiary/aromatic N) is 1. The van der Waals surface area contributed by atoms with E-state index in [9.17, 15) is 5.11 Å². The van der Waals surface area contributed by atoms with E-state index in [-0.39, 0.29) is 0 Å². The summed E-state index contributed by atoms with van der Waals surface area (Å²) in [6, 6.07) is 3.75. The number of hydrogen-bond donors (Lipinski definition) is 1. The lowest BCUT2D eigenvalue weighted by atomic mass is 10.0. The fourth-order valence-electron chi connectivity index (χ4n) is 1.34. The molecule has 2 heteroatoms. The number of aryl methyl sites for hydroxylation is 1. The number of aliphatic hydroxyl groups is 1. The second-order valence-electron chi connectivity index (χ2n) is 3.16. The Morgan fingerprint density at radius 1 is 1.57 bits per heavy atom. The number of aliphatic hydroxyl groups excluding tert-OH is 1. The molecule has 1 N–H and O–H groups in total. The molecule has 1 rings (SSSR count). The smallest absolute Gasteiger partial charge is 0.0816 e. The Balaban J connectivity index is 2.63. The standard InChI is InChI=1S/C12H15NO/c1-3-4-5-8-12(14)11-7-6-9-13-10(11)2/h6-7,9,12,14H,5,8H2,1-2H3. The van der Waals surface area contributed by atoms with Crippen molar-refractivity contribution in [2.24, 2.45) is 0 Å². The first kappa shape index (κ1) is 10.7. The van der Waals surface area contributed by atoms with Crippen LogP contribution in [-0.4, -0.2) is 10.1 Å². The molecular weight excluding hydrogens is 174 g/mol. The van der Waals surface area contributed by atoms with Gasteiger partial charge in [0.25, 0.3) is 0 Å². The molecule has 0 spiro atoms. The van der Waals surface area contributed by atoms with Gasteiger partial charge in [-0.05, 0) is 26.3 Å². The molecule has 0 radical (unpaired) electrons. The fourth-order valence-corrected chi connectivity index (χ4v) is 1.34. The Morgan fingerprint density at radius 2 is 2.36 bits per heavy atom. The van der Waals surface area contributed by atoms with E-state index in [0.717, 1.165) is 17.7 Å². The van der Waals surface area contributed by atoms with Crippen LogP contribution in [0, 0.1) is 18.8 Å². The van der Waals surface area contributed by atoms with Gasteiger partial charge in [-0.1, -0.05) is 6.07 Å². The summed E-state index contributed by atoms with van der Waals surface area (Å²) in [6.07, 6.45) is 2.70. The van der Waals surface area contributed by atoms with Crippen molar-refractivity contribution in [2.75, 3.05) is 0 Å². The molecule has 0 fully saturated rings. The first-order valence-corrected chi connectivity index (χ1v) is 4.75. The Labute approximate surface area is 85.0 Å². The molecule has 1 atom stereocenters. The van der Waals surface area contributed by atoms with Gasteiger partial charge in [0.1, 0.15) is 0 Å². The highest BCUT2D eigenvalue weighted by Gasteiger charge is 2.09. The molecule has 0 saturated carbocycles.